The van der Waals surface area contributed by atoms with Crippen molar-refractivity contribution >= 4 is 0 Å². The van der Waals surface area contributed by atoms with Gasteiger partial charge in [0.05, 0.1) is 6.20 Å². The van der Waals surface area contributed by atoms with Gasteiger partial charge in [0.2, 0.25) is 0 Å². The summed E-state index contributed by atoms with van der Waals surface area (Å²) in [5, 5.41) is 3.46. The maximum atomic E-state index is 13.0. The zero-order chi connectivity index (χ0) is 11.7. The van der Waals surface area contributed by atoms with E-state index in [1.54, 1.807) is 12.3 Å². The topological polar surface area (TPSA) is 28.2 Å². The summed E-state index contributed by atoms with van der Waals surface area (Å²) >= 11 is 0. The Morgan fingerprint density at radius 3 is 3.12 bits per heavy atom. The Bertz CT molecular complexity index is 396. The summed E-state index contributed by atoms with van der Waals surface area (Å²) in [5.41, 5.74) is 0.981. The molecule has 2 aliphatic rings. The third-order valence-corrected chi connectivity index (χ3v) is 3.96. The maximum Gasteiger partial charge on any atom is 0.141 e. The largest absolute Gasteiger partial charge is 0.316 e. The fourth-order valence-corrected chi connectivity index (χ4v) is 3.05. The highest BCUT2D eigenvalue weighted by Crippen LogP contribution is 2.27. The van der Waals surface area contributed by atoms with Crippen molar-refractivity contribution in [2.45, 2.75) is 13.0 Å². The molecule has 0 aromatic carbocycles. The summed E-state index contributed by atoms with van der Waals surface area (Å²) < 4.78 is 13.0. The molecule has 2 atom stereocenters. The number of pyridine rings is 1. The summed E-state index contributed by atoms with van der Waals surface area (Å²) in [6, 6.07) is 1.59. The summed E-state index contributed by atoms with van der Waals surface area (Å²) in [7, 11) is 0. The summed E-state index contributed by atoms with van der Waals surface area (Å²) in [6.45, 7) is 5.41. The van der Waals surface area contributed by atoms with E-state index in [0.717, 1.165) is 43.6 Å². The first-order valence-electron chi connectivity index (χ1n) is 6.34. The molecule has 2 saturated heterocycles. The van der Waals surface area contributed by atoms with E-state index < -0.39 is 0 Å². The van der Waals surface area contributed by atoms with Gasteiger partial charge < -0.3 is 5.32 Å². The van der Waals surface area contributed by atoms with E-state index in [-0.39, 0.29) is 5.82 Å². The highest BCUT2D eigenvalue weighted by molar-refractivity contribution is 5.10. The highest BCUT2D eigenvalue weighted by Gasteiger charge is 2.32. The first-order valence-corrected chi connectivity index (χ1v) is 6.34. The molecule has 1 aromatic heterocycles. The molecule has 0 bridgehead atoms. The quantitative estimate of drug-likeness (QED) is 0.836. The monoisotopic (exact) mass is 235 g/mol. The van der Waals surface area contributed by atoms with E-state index in [4.69, 9.17) is 0 Å². The van der Waals surface area contributed by atoms with Gasteiger partial charge in [-0.25, -0.2) is 4.39 Å². The van der Waals surface area contributed by atoms with Crippen molar-refractivity contribution in [1.29, 1.82) is 0 Å². The van der Waals surface area contributed by atoms with Gasteiger partial charge in [-0.15, -0.1) is 0 Å². The van der Waals surface area contributed by atoms with Crippen LogP contribution in [0.3, 0.4) is 0 Å². The smallest absolute Gasteiger partial charge is 0.141 e. The van der Waals surface area contributed by atoms with Crippen LogP contribution in [0.2, 0.25) is 0 Å². The number of hydrogen-bond acceptors (Lipinski definition) is 3. The number of likely N-dealkylation sites (tertiary alicyclic amines) is 1. The molecular formula is C13H18FN3. The molecule has 0 aliphatic carbocycles. The van der Waals surface area contributed by atoms with Crippen LogP contribution < -0.4 is 5.32 Å². The van der Waals surface area contributed by atoms with Gasteiger partial charge >= 0.3 is 0 Å². The molecular weight excluding hydrogens is 217 g/mol. The predicted molar refractivity (Wildman–Crippen MR) is 63.9 cm³/mol. The minimum absolute atomic E-state index is 0.236. The fourth-order valence-electron chi connectivity index (χ4n) is 3.05. The summed E-state index contributed by atoms with van der Waals surface area (Å²) in [4.78, 5) is 6.32. The number of hydrogen-bond donors (Lipinski definition) is 1. The number of aromatic nitrogens is 1. The van der Waals surface area contributed by atoms with E-state index in [2.05, 4.69) is 15.2 Å². The van der Waals surface area contributed by atoms with E-state index in [0.29, 0.717) is 0 Å². The molecule has 2 aliphatic heterocycles. The molecule has 2 unspecified atom stereocenters. The Balaban J connectivity index is 1.62. The van der Waals surface area contributed by atoms with Crippen molar-refractivity contribution in [2.75, 3.05) is 26.2 Å². The lowest BCUT2D eigenvalue weighted by atomic mass is 9.88. The van der Waals surface area contributed by atoms with Gasteiger partial charge in [-0.1, -0.05) is 0 Å². The second-order valence-electron chi connectivity index (χ2n) is 5.21. The zero-order valence-electron chi connectivity index (χ0n) is 9.90. The minimum Gasteiger partial charge on any atom is -0.316 e. The highest BCUT2D eigenvalue weighted by atomic mass is 19.1. The Morgan fingerprint density at radius 2 is 2.24 bits per heavy atom. The van der Waals surface area contributed by atoms with Crippen LogP contribution >= 0.6 is 0 Å². The van der Waals surface area contributed by atoms with Gasteiger partial charge in [0.1, 0.15) is 5.82 Å². The molecule has 3 heterocycles. The second kappa shape index (κ2) is 4.70. The SMILES string of the molecule is Fc1cncc(CN2CCC3CNCC3C2)c1. The van der Waals surface area contributed by atoms with Crippen molar-refractivity contribution < 1.29 is 4.39 Å². The Morgan fingerprint density at radius 1 is 1.35 bits per heavy atom. The third-order valence-electron chi connectivity index (χ3n) is 3.96. The lowest BCUT2D eigenvalue weighted by Crippen LogP contribution is -2.39. The number of nitrogens with one attached hydrogen (secondary N) is 1. The lowest BCUT2D eigenvalue weighted by molar-refractivity contribution is 0.142. The molecule has 0 radical (unpaired) electrons. The normalized spacial score (nSPS) is 29.2. The molecule has 4 heteroatoms. The molecule has 3 nitrogen and oxygen atoms in total. The van der Waals surface area contributed by atoms with Gasteiger partial charge in [0.25, 0.3) is 0 Å². The average Bonchev–Trinajstić information content (AvgIpc) is 2.76. The van der Waals surface area contributed by atoms with Crippen molar-refractivity contribution in [1.82, 2.24) is 15.2 Å². The molecule has 3 rings (SSSR count). The van der Waals surface area contributed by atoms with Gasteiger partial charge in [-0.05, 0) is 49.5 Å². The van der Waals surface area contributed by atoms with Crippen LogP contribution in [0.15, 0.2) is 18.5 Å². The molecule has 1 aromatic rings. The zero-order valence-corrected chi connectivity index (χ0v) is 9.90. The van der Waals surface area contributed by atoms with Crippen LogP contribution in [0.1, 0.15) is 12.0 Å². The predicted octanol–water partition coefficient (Wildman–Crippen LogP) is 1.26. The maximum absolute atomic E-state index is 13.0. The summed E-state index contributed by atoms with van der Waals surface area (Å²) in [6.07, 6.45) is 4.29. The number of nitrogens with zero attached hydrogens (tertiary/aromatic N) is 2. The summed E-state index contributed by atoms with van der Waals surface area (Å²) in [5.74, 6) is 1.40. The van der Waals surface area contributed by atoms with Gasteiger partial charge in [-0.2, -0.15) is 0 Å². The van der Waals surface area contributed by atoms with Gasteiger partial charge in [-0.3, -0.25) is 9.88 Å². The van der Waals surface area contributed by atoms with Crippen molar-refractivity contribution in [3.8, 4) is 0 Å². The minimum atomic E-state index is -0.236. The van der Waals surface area contributed by atoms with Crippen LogP contribution in [-0.2, 0) is 6.54 Å². The first-order chi connectivity index (χ1) is 8.31. The molecule has 0 amide bonds. The molecule has 1 N–H and O–H groups in total. The number of rotatable bonds is 2. The molecule has 17 heavy (non-hydrogen) atoms. The second-order valence-corrected chi connectivity index (χ2v) is 5.21. The Kier molecular flexibility index (Phi) is 3.07. The van der Waals surface area contributed by atoms with Crippen molar-refractivity contribution in [3.63, 3.8) is 0 Å². The van der Waals surface area contributed by atoms with Crippen molar-refractivity contribution in [3.05, 3.63) is 29.8 Å². The lowest BCUT2D eigenvalue weighted by Gasteiger charge is -2.34. The van der Waals surface area contributed by atoms with E-state index >= 15 is 0 Å². The van der Waals surface area contributed by atoms with Crippen LogP contribution in [0.5, 0.6) is 0 Å². The van der Waals surface area contributed by atoms with Gasteiger partial charge in [0, 0.05) is 19.3 Å². The van der Waals surface area contributed by atoms with Crippen LogP contribution in [0.25, 0.3) is 0 Å². The van der Waals surface area contributed by atoms with E-state index in [1.165, 1.54) is 19.2 Å². The van der Waals surface area contributed by atoms with E-state index in [1.807, 2.05) is 0 Å². The van der Waals surface area contributed by atoms with Gasteiger partial charge in [0.15, 0.2) is 0 Å². The Labute approximate surface area is 101 Å². The molecule has 0 spiro atoms. The van der Waals surface area contributed by atoms with E-state index in [9.17, 15) is 4.39 Å². The first kappa shape index (κ1) is 11.1. The molecule has 0 saturated carbocycles. The number of halogens is 1. The standard InChI is InChI=1S/C13H18FN3/c14-13-3-10(4-15-7-13)8-17-2-1-11-5-16-6-12(11)9-17/h3-4,7,11-12,16H,1-2,5-6,8-9H2. The third kappa shape index (κ3) is 2.48. The fraction of sp³-hybridized carbons (Fsp3) is 0.615. The Hall–Kier alpha value is -1.00. The van der Waals surface area contributed by atoms with Crippen molar-refractivity contribution in [2.24, 2.45) is 11.8 Å². The van der Waals surface area contributed by atoms with Crippen LogP contribution in [-0.4, -0.2) is 36.1 Å². The molecule has 2 fully saturated rings. The number of fused-ring (bicyclic) bond motifs is 1. The van der Waals surface area contributed by atoms with Crippen LogP contribution in [0, 0.1) is 17.7 Å². The number of piperidine rings is 1. The average molecular weight is 235 g/mol. The molecule has 92 valence electrons. The van der Waals surface area contributed by atoms with Crippen LogP contribution in [0.4, 0.5) is 4.39 Å².